The second kappa shape index (κ2) is 3.77. The topological polar surface area (TPSA) is 46.2 Å². The molecule has 0 aromatic rings. The molecule has 5 nitrogen and oxygen atoms in total. The molecule has 102 valence electrons. The van der Waals surface area contributed by atoms with Gasteiger partial charge in [0.1, 0.15) is 18.3 Å². The van der Waals surface area contributed by atoms with E-state index in [1.807, 2.05) is 27.7 Å². The summed E-state index contributed by atoms with van der Waals surface area (Å²) in [4.78, 5) is 0. The summed E-state index contributed by atoms with van der Waals surface area (Å²) in [7, 11) is 0. The first kappa shape index (κ1) is 12.6. The lowest BCUT2D eigenvalue weighted by molar-refractivity contribution is -0.215. The van der Waals surface area contributed by atoms with Gasteiger partial charge in [-0.2, -0.15) is 0 Å². The van der Waals surface area contributed by atoms with Crippen molar-refractivity contribution in [1.29, 1.82) is 0 Å². The molecule has 0 aliphatic carbocycles. The van der Waals surface area contributed by atoms with Crippen LogP contribution in [0.4, 0.5) is 0 Å². The fourth-order valence-electron chi connectivity index (χ4n) is 2.67. The van der Waals surface area contributed by atoms with Crippen LogP contribution in [0, 0.1) is 0 Å². The van der Waals surface area contributed by atoms with Crippen LogP contribution in [0.2, 0.25) is 0 Å². The van der Waals surface area contributed by atoms with E-state index >= 15 is 0 Å². The normalized spacial score (nSPS) is 45.4. The van der Waals surface area contributed by atoms with Crippen LogP contribution in [-0.4, -0.2) is 42.8 Å². The van der Waals surface area contributed by atoms with Gasteiger partial charge in [-0.05, 0) is 33.3 Å². The summed E-state index contributed by atoms with van der Waals surface area (Å²) < 4.78 is 28.7. The highest BCUT2D eigenvalue weighted by Crippen LogP contribution is 2.42. The van der Waals surface area contributed by atoms with E-state index < -0.39 is 11.6 Å². The lowest BCUT2D eigenvalue weighted by Crippen LogP contribution is -2.34. The Hall–Kier alpha value is -0.460. The molecule has 3 heterocycles. The third-order valence-electron chi connectivity index (χ3n) is 3.44. The van der Waals surface area contributed by atoms with E-state index in [0.717, 1.165) is 5.57 Å². The lowest BCUT2D eigenvalue weighted by Gasteiger charge is -2.24. The average Bonchev–Trinajstić information content (AvgIpc) is 2.81. The minimum atomic E-state index is -0.616. The molecule has 3 rings (SSSR count). The molecule has 0 unspecified atom stereocenters. The van der Waals surface area contributed by atoms with E-state index in [0.29, 0.717) is 6.61 Å². The zero-order chi connectivity index (χ0) is 13.1. The second-order valence-electron chi connectivity index (χ2n) is 5.92. The quantitative estimate of drug-likeness (QED) is 0.666. The summed E-state index contributed by atoms with van der Waals surface area (Å²) in [6, 6.07) is 0. The number of hydrogen-bond acceptors (Lipinski definition) is 5. The van der Waals surface area contributed by atoms with Gasteiger partial charge in [0.05, 0.1) is 6.61 Å². The van der Waals surface area contributed by atoms with E-state index in [-0.39, 0.29) is 24.6 Å². The molecule has 3 fully saturated rings. The molecule has 3 saturated heterocycles. The maximum Gasteiger partial charge on any atom is 0.191 e. The van der Waals surface area contributed by atoms with Gasteiger partial charge < -0.3 is 23.7 Å². The van der Waals surface area contributed by atoms with Crippen molar-refractivity contribution >= 4 is 0 Å². The molecule has 3 aliphatic heterocycles. The summed E-state index contributed by atoms with van der Waals surface area (Å²) in [5.41, 5.74) is 0.872. The van der Waals surface area contributed by atoms with E-state index in [1.54, 1.807) is 0 Å². The zero-order valence-corrected chi connectivity index (χ0v) is 11.3. The van der Waals surface area contributed by atoms with Crippen LogP contribution >= 0.6 is 0 Å². The van der Waals surface area contributed by atoms with Gasteiger partial charge in [0.2, 0.25) is 0 Å². The van der Waals surface area contributed by atoms with Crippen LogP contribution in [0.25, 0.3) is 0 Å². The molecule has 0 aromatic heterocycles. The first-order valence-corrected chi connectivity index (χ1v) is 6.29. The monoisotopic (exact) mass is 256 g/mol. The maximum absolute atomic E-state index is 5.86. The molecular formula is C13H20O5. The summed E-state index contributed by atoms with van der Waals surface area (Å²) in [6.45, 7) is 12.1. The molecule has 0 N–H and O–H groups in total. The van der Waals surface area contributed by atoms with Gasteiger partial charge in [0, 0.05) is 0 Å². The van der Waals surface area contributed by atoms with Crippen LogP contribution in [0.3, 0.4) is 0 Å². The van der Waals surface area contributed by atoms with Gasteiger partial charge in [0.25, 0.3) is 0 Å². The molecule has 0 aromatic carbocycles. The highest BCUT2D eigenvalue weighted by Gasteiger charge is 2.54. The maximum atomic E-state index is 5.86. The van der Waals surface area contributed by atoms with Gasteiger partial charge in [-0.15, -0.1) is 0 Å². The summed E-state index contributed by atoms with van der Waals surface area (Å²) in [6.07, 6.45) is -0.964. The fourth-order valence-corrected chi connectivity index (χ4v) is 2.67. The third-order valence-corrected chi connectivity index (χ3v) is 3.44. The van der Waals surface area contributed by atoms with Crippen LogP contribution < -0.4 is 0 Å². The van der Waals surface area contributed by atoms with Crippen LogP contribution in [0.5, 0.6) is 0 Å². The number of fused-ring (bicyclic) bond motifs is 1. The minimum absolute atomic E-state index is 0.145. The molecule has 0 bridgehead atoms. The Morgan fingerprint density at radius 2 is 1.72 bits per heavy atom. The molecule has 3 aliphatic rings. The molecule has 0 saturated carbocycles. The highest BCUT2D eigenvalue weighted by molar-refractivity contribution is 5.20. The minimum Gasteiger partial charge on any atom is -0.348 e. The summed E-state index contributed by atoms with van der Waals surface area (Å²) in [5, 5.41) is 0. The fraction of sp³-hybridized carbons (Fsp3) is 0.846. The Bertz CT molecular complexity index is 376. The summed E-state index contributed by atoms with van der Waals surface area (Å²) >= 11 is 0. The van der Waals surface area contributed by atoms with Crippen LogP contribution in [0.1, 0.15) is 27.7 Å². The van der Waals surface area contributed by atoms with Crippen molar-refractivity contribution in [3.8, 4) is 0 Å². The number of ether oxygens (including phenoxy) is 5. The zero-order valence-electron chi connectivity index (χ0n) is 11.3. The number of hydrogen-bond donors (Lipinski definition) is 0. The first-order chi connectivity index (χ1) is 8.27. The molecule has 18 heavy (non-hydrogen) atoms. The molecule has 0 spiro atoms. The van der Waals surface area contributed by atoms with Crippen molar-refractivity contribution in [3.63, 3.8) is 0 Å². The average molecular weight is 256 g/mol. The number of rotatable bonds is 1. The standard InChI is InChI=1S/C13H20O5/c1-7-9(8-6-14-12(2,3)16-8)15-11-10(7)17-13(4,5)18-11/h8-11H,1,6H2,2-5H3/t8-,9-,10+,11-/m1/s1. The van der Waals surface area contributed by atoms with Gasteiger partial charge in [0.15, 0.2) is 17.9 Å². The predicted molar refractivity (Wildman–Crippen MR) is 62.7 cm³/mol. The van der Waals surface area contributed by atoms with Gasteiger partial charge in [-0.1, -0.05) is 6.58 Å². The van der Waals surface area contributed by atoms with Crippen molar-refractivity contribution < 1.29 is 23.7 Å². The molecule has 0 amide bonds. The van der Waals surface area contributed by atoms with Gasteiger partial charge in [-0.3, -0.25) is 0 Å². The summed E-state index contributed by atoms with van der Waals surface area (Å²) in [5.74, 6) is -1.18. The Labute approximate surface area is 107 Å². The van der Waals surface area contributed by atoms with E-state index in [9.17, 15) is 0 Å². The van der Waals surface area contributed by atoms with Crippen molar-refractivity contribution in [2.75, 3.05) is 6.61 Å². The van der Waals surface area contributed by atoms with E-state index in [4.69, 9.17) is 23.7 Å². The van der Waals surface area contributed by atoms with E-state index in [2.05, 4.69) is 6.58 Å². The smallest absolute Gasteiger partial charge is 0.191 e. The molecule has 4 atom stereocenters. The van der Waals surface area contributed by atoms with Crippen molar-refractivity contribution in [3.05, 3.63) is 12.2 Å². The third kappa shape index (κ3) is 2.00. The highest BCUT2D eigenvalue weighted by atomic mass is 16.8. The van der Waals surface area contributed by atoms with Crippen molar-refractivity contribution in [1.82, 2.24) is 0 Å². The Kier molecular flexibility index (Phi) is 2.63. The van der Waals surface area contributed by atoms with Crippen molar-refractivity contribution in [2.45, 2.75) is 63.9 Å². The van der Waals surface area contributed by atoms with Crippen molar-refractivity contribution in [2.24, 2.45) is 0 Å². The lowest BCUT2D eigenvalue weighted by atomic mass is 10.0. The molecule has 0 radical (unpaired) electrons. The largest absolute Gasteiger partial charge is 0.348 e. The predicted octanol–water partition coefficient (Wildman–Crippen LogP) is 1.57. The second-order valence-corrected chi connectivity index (χ2v) is 5.92. The molecule has 5 heteroatoms. The SMILES string of the molecule is C=C1[C@H]([C@H]2COC(C)(C)O2)O[C@@H]2OC(C)(C)O[C@@H]12. The Balaban J connectivity index is 1.70. The Morgan fingerprint density at radius 1 is 1.00 bits per heavy atom. The van der Waals surface area contributed by atoms with Gasteiger partial charge in [-0.25, -0.2) is 0 Å². The Morgan fingerprint density at radius 3 is 2.28 bits per heavy atom. The first-order valence-electron chi connectivity index (χ1n) is 6.29. The van der Waals surface area contributed by atoms with Gasteiger partial charge >= 0.3 is 0 Å². The van der Waals surface area contributed by atoms with Crippen LogP contribution in [-0.2, 0) is 23.7 Å². The van der Waals surface area contributed by atoms with E-state index in [1.165, 1.54) is 0 Å². The molecular weight excluding hydrogens is 236 g/mol. The van der Waals surface area contributed by atoms with Crippen LogP contribution in [0.15, 0.2) is 12.2 Å².